The molecule has 12 heteroatoms. The van der Waals surface area contributed by atoms with Gasteiger partial charge in [-0.3, -0.25) is 29.1 Å². The number of likely N-dealkylation sites (tertiary alicyclic amines) is 1. The highest BCUT2D eigenvalue weighted by molar-refractivity contribution is 6.34. The molecule has 1 amide bonds. The van der Waals surface area contributed by atoms with Gasteiger partial charge in [0.1, 0.15) is 5.82 Å². The number of rotatable bonds is 12. The highest BCUT2D eigenvalue weighted by Crippen LogP contribution is 2.43. The molecular weight excluding hydrogens is 685 g/mol. The van der Waals surface area contributed by atoms with Crippen LogP contribution in [-0.4, -0.2) is 100 Å². The molecule has 280 valence electrons. The molecular formula is C40H51ClFN5O5. The van der Waals surface area contributed by atoms with Crippen LogP contribution in [0.1, 0.15) is 81.1 Å². The van der Waals surface area contributed by atoms with E-state index >= 15 is 9.18 Å². The average Bonchev–Trinajstić information content (AvgIpc) is 3.50. The van der Waals surface area contributed by atoms with Gasteiger partial charge < -0.3 is 19.4 Å². The Morgan fingerprint density at radius 1 is 0.981 bits per heavy atom. The lowest BCUT2D eigenvalue weighted by Gasteiger charge is -2.52. The number of benzene rings is 2. The number of para-hydroxylation sites is 1. The number of carbonyl (C=O) groups is 3. The molecule has 1 unspecified atom stereocenters. The molecule has 1 aromatic heterocycles. The molecule has 0 radical (unpaired) electrons. The van der Waals surface area contributed by atoms with E-state index in [-0.39, 0.29) is 52.0 Å². The molecule has 10 nitrogen and oxygen atoms in total. The monoisotopic (exact) mass is 735 g/mol. The van der Waals surface area contributed by atoms with Crippen molar-refractivity contribution in [1.82, 2.24) is 19.3 Å². The van der Waals surface area contributed by atoms with Gasteiger partial charge in [0.05, 0.1) is 34.9 Å². The molecule has 2 saturated heterocycles. The van der Waals surface area contributed by atoms with Gasteiger partial charge in [-0.1, -0.05) is 29.8 Å². The summed E-state index contributed by atoms with van der Waals surface area (Å²) in [4.78, 5) is 47.8. The number of fused-ring (bicyclic) bond motifs is 1. The fraction of sp³-hybridized carbons (Fsp3) is 0.575. The number of piperazine rings is 1. The van der Waals surface area contributed by atoms with Gasteiger partial charge in [0.15, 0.2) is 5.78 Å². The third-order valence-corrected chi connectivity index (χ3v) is 12.2. The smallest absolute Gasteiger partial charge is 0.308 e. The zero-order chi connectivity index (χ0) is 36.6. The second kappa shape index (κ2) is 15.2. The summed E-state index contributed by atoms with van der Waals surface area (Å²) in [5.74, 6) is -2.97. The molecule has 7 rings (SSSR count). The number of aromatic nitrogens is 1. The SMILES string of the molecule is CCOC(=O)[C@H]1CC[C@H](OC(C(=O)Cc2cc(Cl)c(NC(=O)c3cn(C)c4ccccc34)cc2F)(N2CCCC2)N2CCN(C3(C)CC3)CC2)CC1. The molecule has 3 aromatic rings. The maximum atomic E-state index is 16.1. The summed E-state index contributed by atoms with van der Waals surface area (Å²) in [6, 6.07) is 10.2. The van der Waals surface area contributed by atoms with Gasteiger partial charge in [-0.05, 0) is 89.0 Å². The van der Waals surface area contributed by atoms with Gasteiger partial charge in [0, 0.05) is 75.4 Å². The fourth-order valence-electron chi connectivity index (χ4n) is 8.56. The summed E-state index contributed by atoms with van der Waals surface area (Å²) in [5, 5.41) is 3.71. The van der Waals surface area contributed by atoms with Crippen LogP contribution in [0, 0.1) is 11.7 Å². The van der Waals surface area contributed by atoms with E-state index in [1.54, 1.807) is 6.20 Å². The van der Waals surface area contributed by atoms with Crippen LogP contribution in [0.3, 0.4) is 0 Å². The van der Waals surface area contributed by atoms with E-state index in [1.165, 1.54) is 25.0 Å². The maximum Gasteiger partial charge on any atom is 0.308 e. The molecule has 1 N–H and O–H groups in total. The minimum absolute atomic E-state index is 0.137. The van der Waals surface area contributed by atoms with Crippen molar-refractivity contribution in [2.24, 2.45) is 13.0 Å². The van der Waals surface area contributed by atoms with Gasteiger partial charge >= 0.3 is 5.97 Å². The number of carbonyl (C=O) groups excluding carboxylic acids is 3. The number of ketones is 1. The van der Waals surface area contributed by atoms with E-state index in [4.69, 9.17) is 21.1 Å². The highest BCUT2D eigenvalue weighted by atomic mass is 35.5. The Morgan fingerprint density at radius 2 is 1.65 bits per heavy atom. The maximum absolute atomic E-state index is 16.1. The standard InChI is InChI=1S/C40H51ClFN5O5/c1-4-51-38(50)27-11-13-29(14-12-27)52-40(46-17-7-8-18-46,47-21-19-45(20-22-47)39(2)15-16-39)36(48)24-28-23-32(41)34(25-33(28)42)43-37(49)31-26-44(3)35-10-6-5-9-30(31)35/h5-6,9-10,23,25-27,29H,4,7-8,11-22,24H2,1-3H3,(H,43,49)/t27-,29-,40?. The molecule has 0 bridgehead atoms. The average molecular weight is 736 g/mol. The molecule has 2 aliphatic heterocycles. The first-order valence-electron chi connectivity index (χ1n) is 19.0. The van der Waals surface area contributed by atoms with Crippen LogP contribution in [0.2, 0.25) is 5.02 Å². The van der Waals surface area contributed by atoms with Crippen LogP contribution < -0.4 is 5.32 Å². The van der Waals surface area contributed by atoms with Crippen LogP contribution in [0.25, 0.3) is 10.9 Å². The lowest BCUT2D eigenvalue weighted by molar-refractivity contribution is -0.261. The molecule has 3 heterocycles. The van der Waals surface area contributed by atoms with Crippen LogP contribution in [0.5, 0.6) is 0 Å². The Morgan fingerprint density at radius 3 is 2.33 bits per heavy atom. The van der Waals surface area contributed by atoms with Crippen molar-refractivity contribution in [3.63, 3.8) is 0 Å². The Hall–Kier alpha value is -3.35. The molecule has 4 fully saturated rings. The Bertz CT molecular complexity index is 1810. The van der Waals surface area contributed by atoms with E-state index in [0.29, 0.717) is 64.0 Å². The summed E-state index contributed by atoms with van der Waals surface area (Å²) in [5.41, 5.74) is 1.87. The molecule has 1 atom stereocenters. The number of anilines is 1. The van der Waals surface area contributed by atoms with Crippen molar-refractivity contribution in [2.45, 2.75) is 89.1 Å². The Labute approximate surface area is 310 Å². The molecule has 52 heavy (non-hydrogen) atoms. The number of Topliss-reactive ketones (excluding diaryl/α,β-unsaturated/α-hetero) is 1. The lowest BCUT2D eigenvalue weighted by atomic mass is 9.87. The first-order valence-corrected chi connectivity index (χ1v) is 19.4. The van der Waals surface area contributed by atoms with Crippen LogP contribution >= 0.6 is 11.6 Å². The van der Waals surface area contributed by atoms with E-state index < -0.39 is 17.6 Å². The Kier molecular flexibility index (Phi) is 10.8. The van der Waals surface area contributed by atoms with E-state index in [0.717, 1.165) is 36.8 Å². The summed E-state index contributed by atoms with van der Waals surface area (Å²) < 4.78 is 30.3. The molecule has 2 aromatic carbocycles. The predicted octanol–water partition coefficient (Wildman–Crippen LogP) is 6.39. The summed E-state index contributed by atoms with van der Waals surface area (Å²) in [6.45, 7) is 8.82. The molecule has 2 aliphatic carbocycles. The minimum atomic E-state index is -1.38. The first-order chi connectivity index (χ1) is 25.0. The minimum Gasteiger partial charge on any atom is -0.466 e. The number of ether oxygens (including phenoxy) is 2. The van der Waals surface area contributed by atoms with Crippen molar-refractivity contribution in [1.29, 1.82) is 0 Å². The van der Waals surface area contributed by atoms with Crippen molar-refractivity contribution in [2.75, 3.05) is 51.2 Å². The van der Waals surface area contributed by atoms with Crippen molar-refractivity contribution in [3.05, 3.63) is 64.6 Å². The summed E-state index contributed by atoms with van der Waals surface area (Å²) in [7, 11) is 1.87. The molecule has 4 aliphatic rings. The number of amides is 1. The fourth-order valence-corrected chi connectivity index (χ4v) is 8.80. The third kappa shape index (κ3) is 7.27. The van der Waals surface area contributed by atoms with Crippen molar-refractivity contribution >= 4 is 45.9 Å². The largest absolute Gasteiger partial charge is 0.466 e. The first kappa shape index (κ1) is 37.0. The highest BCUT2D eigenvalue weighted by Gasteiger charge is 2.54. The van der Waals surface area contributed by atoms with Gasteiger partial charge in [0.25, 0.3) is 5.91 Å². The zero-order valence-corrected chi connectivity index (χ0v) is 31.4. The second-order valence-corrected chi connectivity index (χ2v) is 15.7. The topological polar surface area (TPSA) is 96.3 Å². The van der Waals surface area contributed by atoms with Crippen LogP contribution in [0.15, 0.2) is 42.6 Å². The van der Waals surface area contributed by atoms with E-state index in [2.05, 4.69) is 26.9 Å². The van der Waals surface area contributed by atoms with Gasteiger partial charge in [-0.2, -0.15) is 0 Å². The lowest BCUT2D eigenvalue weighted by Crippen LogP contribution is -2.71. The number of nitrogens with one attached hydrogen (secondary N) is 1. The van der Waals surface area contributed by atoms with Crippen LogP contribution in [-0.2, 0) is 32.5 Å². The number of esters is 1. The van der Waals surface area contributed by atoms with E-state index in [9.17, 15) is 9.59 Å². The number of halogens is 2. The number of nitrogens with zero attached hydrogens (tertiary/aromatic N) is 4. The predicted molar refractivity (Wildman–Crippen MR) is 199 cm³/mol. The number of aryl methyl sites for hydroxylation is 1. The summed E-state index contributed by atoms with van der Waals surface area (Å²) >= 11 is 6.72. The van der Waals surface area contributed by atoms with Gasteiger partial charge in [-0.25, -0.2) is 4.39 Å². The second-order valence-electron chi connectivity index (χ2n) is 15.3. The summed E-state index contributed by atoms with van der Waals surface area (Å²) in [6.07, 6.45) is 8.06. The molecule has 2 saturated carbocycles. The molecule has 0 spiro atoms. The third-order valence-electron chi connectivity index (χ3n) is 11.8. The van der Waals surface area contributed by atoms with Crippen LogP contribution in [0.4, 0.5) is 10.1 Å². The van der Waals surface area contributed by atoms with Crippen molar-refractivity contribution in [3.8, 4) is 0 Å². The van der Waals surface area contributed by atoms with Crippen molar-refractivity contribution < 1.29 is 28.2 Å². The quantitative estimate of drug-likeness (QED) is 0.214. The zero-order valence-electron chi connectivity index (χ0n) is 30.6. The van der Waals surface area contributed by atoms with E-state index in [1.807, 2.05) is 42.8 Å². The number of hydrogen-bond acceptors (Lipinski definition) is 8. The Balaban J connectivity index is 1.15. The number of hydrogen-bond donors (Lipinski definition) is 1. The van der Waals surface area contributed by atoms with Gasteiger partial charge in [0.2, 0.25) is 5.85 Å². The normalized spacial score (nSPS) is 23.7. The van der Waals surface area contributed by atoms with Gasteiger partial charge in [-0.15, -0.1) is 0 Å².